The molecule has 1 rings (SSSR count). The standard InChI is InChI=1S/C8H19N3/c1-5-3-6(2)8(9)7(4-5)11-10/h5-8,11H,3-4,9-10H2,1-2H3/t5-,6?,7?,8?/m1/s1. The van der Waals surface area contributed by atoms with Crippen molar-refractivity contribution in [1.82, 2.24) is 5.43 Å². The fourth-order valence-corrected chi connectivity index (χ4v) is 2.05. The minimum Gasteiger partial charge on any atom is -0.326 e. The third-order valence-electron chi connectivity index (χ3n) is 2.77. The number of hydrazine groups is 1. The van der Waals surface area contributed by atoms with Gasteiger partial charge in [0.05, 0.1) is 0 Å². The van der Waals surface area contributed by atoms with Gasteiger partial charge in [0.25, 0.3) is 0 Å². The van der Waals surface area contributed by atoms with Gasteiger partial charge in [0.2, 0.25) is 0 Å². The Morgan fingerprint density at radius 2 is 1.91 bits per heavy atom. The van der Waals surface area contributed by atoms with Gasteiger partial charge >= 0.3 is 0 Å². The quantitative estimate of drug-likeness (QED) is 0.376. The zero-order chi connectivity index (χ0) is 8.43. The molecule has 0 aromatic heterocycles. The van der Waals surface area contributed by atoms with Crippen LogP contribution in [-0.4, -0.2) is 12.1 Å². The SMILES string of the molecule is CC1C[C@@H](C)CC(NN)C1N. The van der Waals surface area contributed by atoms with Crippen molar-refractivity contribution in [3.05, 3.63) is 0 Å². The van der Waals surface area contributed by atoms with Crippen molar-refractivity contribution < 1.29 is 0 Å². The van der Waals surface area contributed by atoms with Gasteiger partial charge in [-0.05, 0) is 24.7 Å². The Balaban J connectivity index is 2.51. The van der Waals surface area contributed by atoms with E-state index >= 15 is 0 Å². The average Bonchev–Trinajstić information content (AvgIpc) is 1.96. The Kier molecular flexibility index (Phi) is 2.87. The third kappa shape index (κ3) is 1.92. The maximum absolute atomic E-state index is 5.95. The van der Waals surface area contributed by atoms with E-state index in [0.29, 0.717) is 12.0 Å². The molecule has 0 saturated heterocycles. The van der Waals surface area contributed by atoms with Crippen LogP contribution in [0.3, 0.4) is 0 Å². The van der Waals surface area contributed by atoms with E-state index < -0.39 is 0 Å². The summed E-state index contributed by atoms with van der Waals surface area (Å²) in [6.45, 7) is 4.46. The van der Waals surface area contributed by atoms with Crippen LogP contribution in [0.5, 0.6) is 0 Å². The first-order valence-electron chi connectivity index (χ1n) is 4.37. The fourth-order valence-electron chi connectivity index (χ4n) is 2.05. The minimum atomic E-state index is 0.233. The largest absolute Gasteiger partial charge is 0.326 e. The molecule has 4 atom stereocenters. The summed E-state index contributed by atoms with van der Waals surface area (Å²) in [6.07, 6.45) is 2.35. The summed E-state index contributed by atoms with van der Waals surface area (Å²) >= 11 is 0. The molecule has 3 heteroatoms. The summed E-state index contributed by atoms with van der Waals surface area (Å²) in [5.41, 5.74) is 8.74. The molecule has 1 fully saturated rings. The van der Waals surface area contributed by atoms with Crippen molar-refractivity contribution in [3.8, 4) is 0 Å². The molecule has 1 saturated carbocycles. The third-order valence-corrected chi connectivity index (χ3v) is 2.77. The zero-order valence-corrected chi connectivity index (χ0v) is 7.38. The molecular formula is C8H19N3. The van der Waals surface area contributed by atoms with Gasteiger partial charge < -0.3 is 5.73 Å². The Labute approximate surface area is 68.5 Å². The Morgan fingerprint density at radius 1 is 1.27 bits per heavy atom. The number of hydrogen-bond donors (Lipinski definition) is 3. The van der Waals surface area contributed by atoms with E-state index in [-0.39, 0.29) is 6.04 Å². The van der Waals surface area contributed by atoms with Crippen molar-refractivity contribution in [3.63, 3.8) is 0 Å². The molecule has 0 amide bonds. The van der Waals surface area contributed by atoms with Crippen LogP contribution in [0.1, 0.15) is 26.7 Å². The molecule has 0 aromatic rings. The molecule has 66 valence electrons. The molecule has 0 bridgehead atoms. The van der Waals surface area contributed by atoms with Crippen LogP contribution in [0.15, 0.2) is 0 Å². The molecule has 0 radical (unpaired) electrons. The van der Waals surface area contributed by atoms with Crippen LogP contribution in [0.25, 0.3) is 0 Å². The van der Waals surface area contributed by atoms with E-state index in [2.05, 4.69) is 19.3 Å². The number of hydrogen-bond acceptors (Lipinski definition) is 3. The Hall–Kier alpha value is -0.120. The molecular weight excluding hydrogens is 138 g/mol. The molecule has 0 aromatic carbocycles. The predicted octanol–water partition coefficient (Wildman–Crippen LogP) is 0.212. The molecule has 0 aliphatic heterocycles. The number of nitrogens with one attached hydrogen (secondary N) is 1. The second kappa shape index (κ2) is 3.52. The lowest BCUT2D eigenvalue weighted by atomic mass is 9.77. The molecule has 3 unspecified atom stereocenters. The summed E-state index contributed by atoms with van der Waals surface area (Å²) in [6, 6.07) is 0.546. The number of rotatable bonds is 1. The highest BCUT2D eigenvalue weighted by molar-refractivity contribution is 4.88. The van der Waals surface area contributed by atoms with Crippen LogP contribution >= 0.6 is 0 Å². The molecule has 5 N–H and O–H groups in total. The molecule has 1 aliphatic rings. The summed E-state index contributed by atoms with van der Waals surface area (Å²) < 4.78 is 0. The van der Waals surface area contributed by atoms with Crippen molar-refractivity contribution in [1.29, 1.82) is 0 Å². The van der Waals surface area contributed by atoms with Gasteiger partial charge in [-0.15, -0.1) is 0 Å². The summed E-state index contributed by atoms with van der Waals surface area (Å²) in [4.78, 5) is 0. The smallest absolute Gasteiger partial charge is 0.0366 e. The fraction of sp³-hybridized carbons (Fsp3) is 1.00. The molecule has 11 heavy (non-hydrogen) atoms. The van der Waals surface area contributed by atoms with E-state index in [4.69, 9.17) is 11.6 Å². The first-order valence-corrected chi connectivity index (χ1v) is 4.37. The van der Waals surface area contributed by atoms with E-state index in [1.165, 1.54) is 6.42 Å². The van der Waals surface area contributed by atoms with E-state index in [0.717, 1.165) is 12.3 Å². The van der Waals surface area contributed by atoms with Gasteiger partial charge in [-0.25, -0.2) is 0 Å². The van der Waals surface area contributed by atoms with Gasteiger partial charge in [0.15, 0.2) is 0 Å². The van der Waals surface area contributed by atoms with Gasteiger partial charge in [-0.2, -0.15) is 0 Å². The zero-order valence-electron chi connectivity index (χ0n) is 7.38. The predicted molar refractivity (Wildman–Crippen MR) is 46.6 cm³/mol. The Bertz CT molecular complexity index is 127. The summed E-state index contributed by atoms with van der Waals surface area (Å²) in [5, 5.41) is 0. The molecule has 3 nitrogen and oxygen atoms in total. The maximum Gasteiger partial charge on any atom is 0.0366 e. The van der Waals surface area contributed by atoms with Crippen LogP contribution in [0, 0.1) is 11.8 Å². The van der Waals surface area contributed by atoms with Crippen LogP contribution in [0.2, 0.25) is 0 Å². The monoisotopic (exact) mass is 157 g/mol. The van der Waals surface area contributed by atoms with Gasteiger partial charge in [-0.3, -0.25) is 11.3 Å². The van der Waals surface area contributed by atoms with E-state index in [1.807, 2.05) is 0 Å². The highest BCUT2D eigenvalue weighted by atomic mass is 15.2. The topological polar surface area (TPSA) is 64.1 Å². The van der Waals surface area contributed by atoms with Crippen molar-refractivity contribution in [2.75, 3.05) is 0 Å². The van der Waals surface area contributed by atoms with Gasteiger partial charge in [-0.1, -0.05) is 13.8 Å². The maximum atomic E-state index is 5.95. The average molecular weight is 157 g/mol. The number of nitrogens with two attached hydrogens (primary N) is 2. The minimum absolute atomic E-state index is 0.233. The van der Waals surface area contributed by atoms with Gasteiger partial charge in [0, 0.05) is 12.1 Å². The molecule has 1 aliphatic carbocycles. The lowest BCUT2D eigenvalue weighted by molar-refractivity contribution is 0.205. The van der Waals surface area contributed by atoms with Crippen molar-refractivity contribution >= 4 is 0 Å². The second-order valence-corrected chi connectivity index (χ2v) is 3.90. The molecule has 0 spiro atoms. The first kappa shape index (κ1) is 8.97. The summed E-state index contributed by atoms with van der Waals surface area (Å²) in [7, 11) is 0. The highest BCUT2D eigenvalue weighted by Gasteiger charge is 2.30. The Morgan fingerprint density at radius 3 is 2.45 bits per heavy atom. The van der Waals surface area contributed by atoms with E-state index in [1.54, 1.807) is 0 Å². The summed E-state index contributed by atoms with van der Waals surface area (Å²) in [5.74, 6) is 6.74. The normalized spacial score (nSPS) is 45.8. The first-order chi connectivity index (χ1) is 5.15. The van der Waals surface area contributed by atoms with Crippen LogP contribution in [-0.2, 0) is 0 Å². The lowest BCUT2D eigenvalue weighted by Gasteiger charge is -2.36. The van der Waals surface area contributed by atoms with Gasteiger partial charge in [0.1, 0.15) is 0 Å². The highest BCUT2D eigenvalue weighted by Crippen LogP contribution is 2.27. The van der Waals surface area contributed by atoms with Crippen molar-refractivity contribution in [2.24, 2.45) is 23.4 Å². The van der Waals surface area contributed by atoms with E-state index in [9.17, 15) is 0 Å². The van der Waals surface area contributed by atoms with Crippen LogP contribution in [0.4, 0.5) is 0 Å². The van der Waals surface area contributed by atoms with Crippen LogP contribution < -0.4 is 17.0 Å². The second-order valence-electron chi connectivity index (χ2n) is 3.90. The lowest BCUT2D eigenvalue weighted by Crippen LogP contribution is -2.54. The van der Waals surface area contributed by atoms with Crippen molar-refractivity contribution in [2.45, 2.75) is 38.8 Å². The molecule has 0 heterocycles.